The highest BCUT2D eigenvalue weighted by atomic mass is 32.2. The van der Waals surface area contributed by atoms with Gasteiger partial charge in [-0.05, 0) is 54.6 Å². The number of carbonyl (C=O) groups is 1. The predicted molar refractivity (Wildman–Crippen MR) is 131 cm³/mol. The van der Waals surface area contributed by atoms with Crippen molar-refractivity contribution in [1.82, 2.24) is 0 Å². The Bertz CT molecular complexity index is 1290. The first-order chi connectivity index (χ1) is 15.5. The maximum atomic E-state index is 12.6. The van der Waals surface area contributed by atoms with E-state index in [9.17, 15) is 23.3 Å². The van der Waals surface area contributed by atoms with E-state index in [0.29, 0.717) is 26.7 Å². The van der Waals surface area contributed by atoms with Crippen molar-refractivity contribution in [3.05, 3.63) is 82.4 Å². The molecule has 0 saturated carbocycles. The Kier molecular flexibility index (Phi) is 7.24. The van der Waals surface area contributed by atoms with E-state index < -0.39 is 14.9 Å². The predicted octanol–water partition coefficient (Wildman–Crippen LogP) is 4.44. The summed E-state index contributed by atoms with van der Waals surface area (Å²) in [4.78, 5) is 26.7. The van der Waals surface area contributed by atoms with Crippen molar-refractivity contribution in [2.24, 2.45) is 0 Å². The molecule has 0 aliphatic heterocycles. The lowest BCUT2D eigenvalue weighted by Crippen LogP contribution is -2.14. The van der Waals surface area contributed by atoms with Gasteiger partial charge in [0.2, 0.25) is 10.0 Å². The molecule has 0 aliphatic carbocycles. The highest BCUT2D eigenvalue weighted by molar-refractivity contribution is 7.99. The van der Waals surface area contributed by atoms with Gasteiger partial charge in [0, 0.05) is 47.7 Å². The summed E-state index contributed by atoms with van der Waals surface area (Å²) in [5.41, 5.74) is 1.84. The van der Waals surface area contributed by atoms with Crippen LogP contribution in [0.3, 0.4) is 0 Å². The van der Waals surface area contributed by atoms with Crippen molar-refractivity contribution in [3.63, 3.8) is 0 Å². The van der Waals surface area contributed by atoms with Crippen LogP contribution >= 0.6 is 11.8 Å². The second-order valence-electron chi connectivity index (χ2n) is 7.34. The minimum absolute atomic E-state index is 0.154. The van der Waals surface area contributed by atoms with Gasteiger partial charge in [0.15, 0.2) is 0 Å². The van der Waals surface area contributed by atoms with Gasteiger partial charge in [0.25, 0.3) is 11.6 Å². The summed E-state index contributed by atoms with van der Waals surface area (Å²) in [6, 6.07) is 18.0. The number of benzene rings is 3. The van der Waals surface area contributed by atoms with E-state index in [4.69, 9.17) is 0 Å². The summed E-state index contributed by atoms with van der Waals surface area (Å²) < 4.78 is 25.0. The third-order valence-electron chi connectivity index (χ3n) is 4.42. The lowest BCUT2D eigenvalue weighted by Gasteiger charge is -2.13. The molecule has 0 unspecified atom stereocenters. The van der Waals surface area contributed by atoms with Gasteiger partial charge in [0.05, 0.1) is 16.1 Å². The van der Waals surface area contributed by atoms with Gasteiger partial charge >= 0.3 is 0 Å². The molecule has 0 aromatic heterocycles. The zero-order valence-corrected chi connectivity index (χ0v) is 19.7. The number of sulfonamides is 1. The maximum Gasteiger partial charge on any atom is 0.285 e. The van der Waals surface area contributed by atoms with E-state index in [0.717, 1.165) is 23.7 Å². The molecule has 11 heteroatoms. The molecule has 172 valence electrons. The number of amides is 1. The zero-order valence-electron chi connectivity index (χ0n) is 18.1. The smallest absolute Gasteiger partial charge is 0.285 e. The van der Waals surface area contributed by atoms with Crippen LogP contribution in [0, 0.1) is 10.1 Å². The van der Waals surface area contributed by atoms with E-state index in [1.54, 1.807) is 54.6 Å². The van der Waals surface area contributed by atoms with Gasteiger partial charge in [-0.25, -0.2) is 8.42 Å². The number of hydrogen-bond acceptors (Lipinski definition) is 7. The average molecular weight is 487 g/mol. The highest BCUT2D eigenvalue weighted by Crippen LogP contribution is 2.37. The van der Waals surface area contributed by atoms with Crippen molar-refractivity contribution in [2.45, 2.75) is 9.79 Å². The number of carbonyl (C=O) groups excluding carboxylic acids is 1. The second-order valence-corrected chi connectivity index (χ2v) is 10.2. The molecule has 3 rings (SSSR count). The molecule has 0 fully saturated rings. The molecule has 33 heavy (non-hydrogen) atoms. The number of nitro benzene ring substituents is 1. The summed E-state index contributed by atoms with van der Waals surface area (Å²) >= 11 is 1.16. The van der Waals surface area contributed by atoms with Crippen LogP contribution in [0.2, 0.25) is 0 Å². The Morgan fingerprint density at radius 2 is 1.67 bits per heavy atom. The van der Waals surface area contributed by atoms with Crippen molar-refractivity contribution in [1.29, 1.82) is 0 Å². The van der Waals surface area contributed by atoms with Gasteiger partial charge < -0.3 is 10.2 Å². The van der Waals surface area contributed by atoms with Crippen molar-refractivity contribution in [3.8, 4) is 0 Å². The molecule has 0 radical (unpaired) electrons. The number of anilines is 3. The largest absolute Gasteiger partial charge is 0.378 e. The molecule has 3 aromatic carbocycles. The van der Waals surface area contributed by atoms with Gasteiger partial charge in [-0.1, -0.05) is 17.8 Å². The van der Waals surface area contributed by atoms with Crippen LogP contribution in [0.5, 0.6) is 0 Å². The average Bonchev–Trinajstić information content (AvgIpc) is 2.75. The van der Waals surface area contributed by atoms with Crippen molar-refractivity contribution in [2.75, 3.05) is 35.3 Å². The molecule has 0 aliphatic rings. The summed E-state index contributed by atoms with van der Waals surface area (Å²) in [6.45, 7) is 0. The Hall–Kier alpha value is -3.57. The molecule has 0 bridgehead atoms. The molecule has 2 N–H and O–H groups in total. The van der Waals surface area contributed by atoms with Gasteiger partial charge in [0.1, 0.15) is 0 Å². The fourth-order valence-corrected chi connectivity index (χ4v) is 4.35. The molecule has 0 spiro atoms. The van der Waals surface area contributed by atoms with Crippen LogP contribution in [0.15, 0.2) is 76.5 Å². The summed E-state index contributed by atoms with van der Waals surface area (Å²) in [5.74, 6) is -0.373. The fourth-order valence-electron chi connectivity index (χ4n) is 2.88. The standard InChI is InChI=1S/C22H22N4O5S2/c1-25(2)18-6-4-5-15(13-18)22(27)23-17-9-12-21(20(14-17)26(28)29)32-19-10-7-16(8-11-19)24-33(3,30)31/h4-14,24H,1-3H3,(H,23,27). The first-order valence-corrected chi connectivity index (χ1v) is 12.4. The molecule has 1 amide bonds. The lowest BCUT2D eigenvalue weighted by molar-refractivity contribution is -0.387. The first kappa shape index (κ1) is 24.1. The van der Waals surface area contributed by atoms with E-state index >= 15 is 0 Å². The fraction of sp³-hybridized carbons (Fsp3) is 0.136. The quantitative estimate of drug-likeness (QED) is 0.357. The summed E-state index contributed by atoms with van der Waals surface area (Å²) in [5, 5.41) is 14.4. The third-order valence-corrected chi connectivity index (χ3v) is 6.10. The van der Waals surface area contributed by atoms with Crippen molar-refractivity contribution >= 4 is 50.4 Å². The lowest BCUT2D eigenvalue weighted by atomic mass is 10.1. The van der Waals surface area contributed by atoms with E-state index in [1.165, 1.54) is 6.07 Å². The molecule has 0 atom stereocenters. The number of rotatable bonds is 8. The molecule has 9 nitrogen and oxygen atoms in total. The minimum Gasteiger partial charge on any atom is -0.378 e. The SMILES string of the molecule is CN(C)c1cccc(C(=O)Nc2ccc(Sc3ccc(NS(C)(=O)=O)cc3)c([N+](=O)[O-])c2)c1. The minimum atomic E-state index is -3.39. The first-order valence-electron chi connectivity index (χ1n) is 9.65. The van der Waals surface area contributed by atoms with Crippen LogP contribution in [-0.4, -0.2) is 39.6 Å². The number of nitrogens with one attached hydrogen (secondary N) is 2. The van der Waals surface area contributed by atoms with Crippen LogP contribution in [0.25, 0.3) is 0 Å². The number of nitrogens with zero attached hydrogens (tertiary/aromatic N) is 2. The monoisotopic (exact) mass is 486 g/mol. The normalized spacial score (nSPS) is 11.0. The highest BCUT2D eigenvalue weighted by Gasteiger charge is 2.17. The summed E-state index contributed by atoms with van der Waals surface area (Å²) in [6.07, 6.45) is 1.05. The van der Waals surface area contributed by atoms with Gasteiger partial charge in [-0.15, -0.1) is 0 Å². The Morgan fingerprint density at radius 3 is 2.27 bits per heavy atom. The van der Waals surface area contributed by atoms with Crippen molar-refractivity contribution < 1.29 is 18.1 Å². The van der Waals surface area contributed by atoms with E-state index in [-0.39, 0.29) is 11.6 Å². The molecular formula is C22H22N4O5S2. The maximum absolute atomic E-state index is 12.6. The second kappa shape index (κ2) is 9.92. The number of nitro groups is 1. The zero-order chi connectivity index (χ0) is 24.2. The molecule has 3 aromatic rings. The topological polar surface area (TPSA) is 122 Å². The van der Waals surface area contributed by atoms with E-state index in [2.05, 4.69) is 10.0 Å². The van der Waals surface area contributed by atoms with Crippen LogP contribution in [0.4, 0.5) is 22.7 Å². The van der Waals surface area contributed by atoms with E-state index in [1.807, 2.05) is 25.1 Å². The van der Waals surface area contributed by atoms with Gasteiger partial charge in [-0.2, -0.15) is 0 Å². The van der Waals surface area contributed by atoms with Crippen LogP contribution < -0.4 is 14.9 Å². The Balaban J connectivity index is 1.79. The molecule has 0 heterocycles. The van der Waals surface area contributed by atoms with Crippen LogP contribution in [-0.2, 0) is 10.0 Å². The van der Waals surface area contributed by atoms with Crippen LogP contribution in [0.1, 0.15) is 10.4 Å². The third kappa shape index (κ3) is 6.70. The Labute approximate surface area is 196 Å². The molecular weight excluding hydrogens is 464 g/mol. The Morgan fingerprint density at radius 1 is 1.00 bits per heavy atom. The summed E-state index contributed by atoms with van der Waals surface area (Å²) in [7, 11) is 0.344. The van der Waals surface area contributed by atoms with Gasteiger partial charge in [-0.3, -0.25) is 19.6 Å². The number of hydrogen-bond donors (Lipinski definition) is 2. The molecule has 0 saturated heterocycles.